The van der Waals surface area contributed by atoms with Gasteiger partial charge in [0.05, 0.1) is 19.9 Å². The third kappa shape index (κ3) is 4.74. The maximum absolute atomic E-state index is 13.2. The lowest BCUT2D eigenvalue weighted by Crippen LogP contribution is -2.41. The van der Waals surface area contributed by atoms with Gasteiger partial charge < -0.3 is 14.8 Å². The molecule has 1 saturated heterocycles. The van der Waals surface area contributed by atoms with Gasteiger partial charge in [0.25, 0.3) is 0 Å². The van der Waals surface area contributed by atoms with Gasteiger partial charge in [-0.05, 0) is 43.4 Å². The van der Waals surface area contributed by atoms with Gasteiger partial charge in [0.2, 0.25) is 15.9 Å². The molecule has 0 atom stereocenters. The van der Waals surface area contributed by atoms with Gasteiger partial charge in [-0.25, -0.2) is 8.42 Å². The molecular formula is C21H26N2O5S2. The molecule has 1 fully saturated rings. The molecule has 1 heterocycles. The van der Waals surface area contributed by atoms with Crippen molar-refractivity contribution in [1.29, 1.82) is 0 Å². The maximum Gasteiger partial charge on any atom is 0.246 e. The standard InChI is InChI=1S/C21H26N2O5S2/c1-27-16-8-9-18(28-2)20(14-16)30(25,26)23-12-10-15(11-13-23)21(24)22-17-6-4-5-7-19(17)29-3/h4-9,14-15H,10-13H2,1-3H3,(H,22,24). The van der Waals surface area contributed by atoms with Gasteiger partial charge >= 0.3 is 0 Å². The number of methoxy groups -OCH3 is 2. The lowest BCUT2D eigenvalue weighted by molar-refractivity contribution is -0.120. The molecule has 0 saturated carbocycles. The fraction of sp³-hybridized carbons (Fsp3) is 0.381. The van der Waals surface area contributed by atoms with E-state index in [0.717, 1.165) is 10.6 Å². The fourth-order valence-electron chi connectivity index (χ4n) is 3.47. The Labute approximate surface area is 181 Å². The number of anilines is 1. The highest BCUT2D eigenvalue weighted by Crippen LogP contribution is 2.33. The summed E-state index contributed by atoms with van der Waals surface area (Å²) in [5, 5.41) is 2.99. The molecule has 0 bridgehead atoms. The molecule has 2 aromatic carbocycles. The molecule has 1 amide bonds. The minimum Gasteiger partial charge on any atom is -0.497 e. The van der Waals surface area contributed by atoms with Crippen molar-refractivity contribution >= 4 is 33.4 Å². The van der Waals surface area contributed by atoms with Crippen LogP contribution in [0.3, 0.4) is 0 Å². The Morgan fingerprint density at radius 2 is 1.80 bits per heavy atom. The van der Waals surface area contributed by atoms with Gasteiger partial charge in [0.1, 0.15) is 16.4 Å². The summed E-state index contributed by atoms with van der Waals surface area (Å²) in [5.41, 5.74) is 0.783. The Morgan fingerprint density at radius 3 is 2.43 bits per heavy atom. The number of hydrogen-bond acceptors (Lipinski definition) is 6. The maximum atomic E-state index is 13.2. The zero-order valence-electron chi connectivity index (χ0n) is 17.3. The van der Waals surface area contributed by atoms with Crippen molar-refractivity contribution in [2.75, 3.05) is 38.9 Å². The highest BCUT2D eigenvalue weighted by Gasteiger charge is 2.34. The molecule has 9 heteroatoms. The van der Waals surface area contributed by atoms with Crippen molar-refractivity contribution in [1.82, 2.24) is 4.31 Å². The lowest BCUT2D eigenvalue weighted by Gasteiger charge is -2.31. The van der Waals surface area contributed by atoms with E-state index in [1.165, 1.54) is 24.6 Å². The van der Waals surface area contributed by atoms with Crippen LogP contribution in [0.2, 0.25) is 0 Å². The van der Waals surface area contributed by atoms with Crippen LogP contribution in [0, 0.1) is 5.92 Å². The number of sulfonamides is 1. The molecule has 1 aliphatic rings. The van der Waals surface area contributed by atoms with Gasteiger partial charge in [0, 0.05) is 30.0 Å². The summed E-state index contributed by atoms with van der Waals surface area (Å²) in [5.74, 6) is 0.395. The predicted octanol–water partition coefficient (Wildman–Crippen LogP) is 3.47. The largest absolute Gasteiger partial charge is 0.497 e. The monoisotopic (exact) mass is 450 g/mol. The molecule has 1 N–H and O–H groups in total. The van der Waals surface area contributed by atoms with Gasteiger partial charge in [-0.3, -0.25) is 4.79 Å². The van der Waals surface area contributed by atoms with Crippen LogP contribution in [-0.4, -0.2) is 52.2 Å². The van der Waals surface area contributed by atoms with Crippen LogP contribution in [0.15, 0.2) is 52.3 Å². The third-order valence-corrected chi connectivity index (χ3v) is 7.89. The number of ether oxygens (including phenoxy) is 2. The molecular weight excluding hydrogens is 424 g/mol. The van der Waals surface area contributed by atoms with E-state index >= 15 is 0 Å². The first-order chi connectivity index (χ1) is 14.4. The van der Waals surface area contributed by atoms with Crippen molar-refractivity contribution in [3.05, 3.63) is 42.5 Å². The summed E-state index contributed by atoms with van der Waals surface area (Å²) in [7, 11) is -0.845. The number of carbonyl (C=O) groups excluding carboxylic acids is 1. The summed E-state index contributed by atoms with van der Waals surface area (Å²) in [4.78, 5) is 13.8. The molecule has 0 aliphatic carbocycles. The fourth-order valence-corrected chi connectivity index (χ4v) is 5.66. The second-order valence-corrected chi connectivity index (χ2v) is 9.64. The van der Waals surface area contributed by atoms with Crippen LogP contribution in [-0.2, 0) is 14.8 Å². The zero-order chi connectivity index (χ0) is 21.7. The average molecular weight is 451 g/mol. The van der Waals surface area contributed by atoms with E-state index < -0.39 is 10.0 Å². The highest BCUT2D eigenvalue weighted by atomic mass is 32.2. The van der Waals surface area contributed by atoms with Crippen LogP contribution in [0.4, 0.5) is 5.69 Å². The molecule has 2 aromatic rings. The van der Waals surface area contributed by atoms with E-state index in [4.69, 9.17) is 9.47 Å². The number of nitrogens with zero attached hydrogens (tertiary/aromatic N) is 1. The van der Waals surface area contributed by atoms with Crippen LogP contribution in [0.25, 0.3) is 0 Å². The Bertz CT molecular complexity index is 1000. The highest BCUT2D eigenvalue weighted by molar-refractivity contribution is 7.98. The summed E-state index contributed by atoms with van der Waals surface area (Å²) < 4.78 is 38.2. The molecule has 30 heavy (non-hydrogen) atoms. The third-order valence-electron chi connectivity index (χ3n) is 5.18. The Kier molecular flexibility index (Phi) is 7.27. The van der Waals surface area contributed by atoms with Crippen LogP contribution in [0.5, 0.6) is 11.5 Å². The van der Waals surface area contributed by atoms with Crippen molar-refractivity contribution in [3.8, 4) is 11.5 Å². The number of carbonyl (C=O) groups is 1. The molecule has 3 rings (SSSR count). The van der Waals surface area contributed by atoms with Crippen molar-refractivity contribution < 1.29 is 22.7 Å². The topological polar surface area (TPSA) is 84.9 Å². The van der Waals surface area contributed by atoms with Crippen LogP contribution in [0.1, 0.15) is 12.8 Å². The first-order valence-electron chi connectivity index (χ1n) is 9.56. The molecule has 7 nitrogen and oxygen atoms in total. The summed E-state index contributed by atoms with van der Waals surface area (Å²) in [6.45, 7) is 0.538. The number of benzene rings is 2. The van der Waals surface area contributed by atoms with E-state index in [9.17, 15) is 13.2 Å². The number of piperidine rings is 1. The molecule has 162 valence electrons. The second-order valence-electron chi connectivity index (χ2n) is 6.88. The zero-order valence-corrected chi connectivity index (χ0v) is 18.9. The number of amides is 1. The van der Waals surface area contributed by atoms with E-state index in [0.29, 0.717) is 18.6 Å². The minimum atomic E-state index is -3.76. The number of thioether (sulfide) groups is 1. The average Bonchev–Trinajstić information content (AvgIpc) is 2.79. The minimum absolute atomic E-state index is 0.0705. The molecule has 0 aromatic heterocycles. The number of hydrogen-bond donors (Lipinski definition) is 1. The van der Waals surface area contributed by atoms with E-state index in [-0.39, 0.29) is 35.6 Å². The lowest BCUT2D eigenvalue weighted by atomic mass is 9.97. The number of nitrogens with one attached hydrogen (secondary N) is 1. The summed E-state index contributed by atoms with van der Waals surface area (Å²) >= 11 is 1.57. The van der Waals surface area contributed by atoms with Gasteiger partial charge in [-0.15, -0.1) is 11.8 Å². The van der Waals surface area contributed by atoms with Gasteiger partial charge in [-0.1, -0.05) is 12.1 Å². The Morgan fingerprint density at radius 1 is 1.10 bits per heavy atom. The van der Waals surface area contributed by atoms with E-state index in [1.54, 1.807) is 23.9 Å². The SMILES string of the molecule is COc1ccc(OC)c(S(=O)(=O)N2CCC(C(=O)Nc3ccccc3SC)CC2)c1. The Hall–Kier alpha value is -2.23. The number of para-hydroxylation sites is 1. The molecule has 0 radical (unpaired) electrons. The Balaban J connectivity index is 1.70. The van der Waals surface area contributed by atoms with Gasteiger partial charge in [-0.2, -0.15) is 4.31 Å². The smallest absolute Gasteiger partial charge is 0.246 e. The second kappa shape index (κ2) is 9.72. The predicted molar refractivity (Wildman–Crippen MR) is 118 cm³/mol. The number of rotatable bonds is 7. The quantitative estimate of drug-likeness (QED) is 0.651. The van der Waals surface area contributed by atoms with Crippen molar-refractivity contribution in [2.24, 2.45) is 5.92 Å². The summed E-state index contributed by atoms with van der Waals surface area (Å²) in [6.07, 6.45) is 2.87. The van der Waals surface area contributed by atoms with Crippen molar-refractivity contribution in [2.45, 2.75) is 22.6 Å². The molecule has 0 spiro atoms. The van der Waals surface area contributed by atoms with E-state index in [1.807, 2.05) is 30.5 Å². The first-order valence-corrected chi connectivity index (χ1v) is 12.2. The summed E-state index contributed by atoms with van der Waals surface area (Å²) in [6, 6.07) is 12.3. The normalized spacial score (nSPS) is 15.6. The van der Waals surface area contributed by atoms with Crippen LogP contribution >= 0.6 is 11.8 Å². The van der Waals surface area contributed by atoms with Crippen molar-refractivity contribution in [3.63, 3.8) is 0 Å². The van der Waals surface area contributed by atoms with Gasteiger partial charge in [0.15, 0.2) is 0 Å². The molecule has 1 aliphatic heterocycles. The van der Waals surface area contributed by atoms with E-state index in [2.05, 4.69) is 5.32 Å². The first kappa shape index (κ1) is 22.5. The molecule has 0 unspecified atom stereocenters. The van der Waals surface area contributed by atoms with Crippen LogP contribution < -0.4 is 14.8 Å².